The van der Waals surface area contributed by atoms with Gasteiger partial charge in [0.25, 0.3) is 5.91 Å². The number of nitrogens with zero attached hydrogens (tertiary/aromatic N) is 1. The van der Waals surface area contributed by atoms with E-state index in [2.05, 4.69) is 5.32 Å². The Labute approximate surface area is 148 Å². The Kier molecular flexibility index (Phi) is 5.91. The third-order valence-corrected chi connectivity index (χ3v) is 6.37. The number of ether oxygens (including phenoxy) is 1. The molecule has 1 aliphatic rings. The summed E-state index contributed by atoms with van der Waals surface area (Å²) in [6.45, 7) is 6.05. The van der Waals surface area contributed by atoms with E-state index in [1.54, 1.807) is 13.8 Å². The minimum Gasteiger partial charge on any atom is -0.376 e. The van der Waals surface area contributed by atoms with Gasteiger partial charge in [0.2, 0.25) is 10.0 Å². The average molecular weight is 375 g/mol. The monoisotopic (exact) mass is 374 g/mol. The van der Waals surface area contributed by atoms with E-state index in [0.29, 0.717) is 6.61 Å². The molecule has 1 N–H and O–H groups in total. The number of rotatable bonds is 7. The molecule has 0 spiro atoms. The minimum atomic E-state index is -3.67. The SMILES string of the molecule is CCO[C@@H]1C[C@@H]1NC(=O)c1cc(S(=O)(=O)N(C)C(C)C)ccc1Cl. The summed E-state index contributed by atoms with van der Waals surface area (Å²) in [6.07, 6.45) is 0.780. The number of benzene rings is 1. The molecule has 2 rings (SSSR count). The Balaban J connectivity index is 2.21. The lowest BCUT2D eigenvalue weighted by molar-refractivity contribution is 0.0914. The second kappa shape index (κ2) is 7.39. The van der Waals surface area contributed by atoms with Gasteiger partial charge in [-0.25, -0.2) is 8.42 Å². The van der Waals surface area contributed by atoms with Crippen molar-refractivity contribution in [1.29, 1.82) is 0 Å². The lowest BCUT2D eigenvalue weighted by Crippen LogP contribution is -2.33. The standard InChI is InChI=1S/C16H23ClN2O4S/c1-5-23-15-9-14(15)18-16(20)12-8-11(6-7-13(12)17)24(21,22)19(4)10(2)3/h6-8,10,14-15H,5,9H2,1-4H3,(H,18,20)/t14-,15+/m0/s1. The molecule has 134 valence electrons. The third kappa shape index (κ3) is 4.08. The number of hydrogen-bond acceptors (Lipinski definition) is 4. The van der Waals surface area contributed by atoms with Crippen molar-refractivity contribution < 1.29 is 17.9 Å². The highest BCUT2D eigenvalue weighted by Gasteiger charge is 2.39. The van der Waals surface area contributed by atoms with E-state index in [1.165, 1.54) is 29.6 Å². The molecule has 0 aromatic heterocycles. The van der Waals surface area contributed by atoms with Gasteiger partial charge in [-0.05, 0) is 45.4 Å². The van der Waals surface area contributed by atoms with Crippen molar-refractivity contribution in [3.05, 3.63) is 28.8 Å². The van der Waals surface area contributed by atoms with Crippen molar-refractivity contribution in [3.8, 4) is 0 Å². The number of amides is 1. The molecule has 0 radical (unpaired) electrons. The number of halogens is 1. The van der Waals surface area contributed by atoms with E-state index in [9.17, 15) is 13.2 Å². The van der Waals surface area contributed by atoms with Crippen molar-refractivity contribution in [1.82, 2.24) is 9.62 Å². The Morgan fingerprint density at radius 1 is 1.46 bits per heavy atom. The lowest BCUT2D eigenvalue weighted by atomic mass is 10.2. The number of carbonyl (C=O) groups excluding carboxylic acids is 1. The predicted octanol–water partition coefficient (Wildman–Crippen LogP) is 2.28. The molecule has 1 aromatic carbocycles. The zero-order valence-corrected chi connectivity index (χ0v) is 15.8. The molecule has 24 heavy (non-hydrogen) atoms. The molecule has 1 saturated carbocycles. The van der Waals surface area contributed by atoms with Gasteiger partial charge in [-0.15, -0.1) is 0 Å². The highest BCUT2D eigenvalue weighted by Crippen LogP contribution is 2.27. The summed E-state index contributed by atoms with van der Waals surface area (Å²) < 4.78 is 31.8. The van der Waals surface area contributed by atoms with E-state index in [-0.39, 0.29) is 33.7 Å². The van der Waals surface area contributed by atoms with E-state index in [1.807, 2.05) is 6.92 Å². The lowest BCUT2D eigenvalue weighted by Gasteiger charge is -2.21. The minimum absolute atomic E-state index is 0.0247. The second-order valence-corrected chi connectivity index (χ2v) is 8.47. The molecule has 6 nitrogen and oxygen atoms in total. The van der Waals surface area contributed by atoms with Crippen LogP contribution in [0.15, 0.2) is 23.1 Å². The van der Waals surface area contributed by atoms with Gasteiger partial charge in [-0.1, -0.05) is 11.6 Å². The van der Waals surface area contributed by atoms with Crippen LogP contribution in [0.5, 0.6) is 0 Å². The topological polar surface area (TPSA) is 75.7 Å². The molecule has 8 heteroatoms. The summed E-state index contributed by atoms with van der Waals surface area (Å²) in [5, 5.41) is 3.03. The average Bonchev–Trinajstić information content (AvgIpc) is 3.24. The summed E-state index contributed by atoms with van der Waals surface area (Å²) in [7, 11) is -2.17. The van der Waals surface area contributed by atoms with E-state index in [4.69, 9.17) is 16.3 Å². The molecular weight excluding hydrogens is 352 g/mol. The highest BCUT2D eigenvalue weighted by atomic mass is 35.5. The summed E-state index contributed by atoms with van der Waals surface area (Å²) in [5.41, 5.74) is 0.150. The van der Waals surface area contributed by atoms with Crippen LogP contribution in [-0.2, 0) is 14.8 Å². The van der Waals surface area contributed by atoms with Gasteiger partial charge >= 0.3 is 0 Å². The van der Waals surface area contributed by atoms with Crippen LogP contribution in [0.25, 0.3) is 0 Å². The number of carbonyl (C=O) groups is 1. The molecule has 0 saturated heterocycles. The fraction of sp³-hybridized carbons (Fsp3) is 0.562. The fourth-order valence-corrected chi connectivity index (χ4v) is 3.85. The Morgan fingerprint density at radius 3 is 2.71 bits per heavy atom. The number of hydrogen-bond donors (Lipinski definition) is 1. The number of sulfonamides is 1. The Bertz CT molecular complexity index is 721. The largest absolute Gasteiger partial charge is 0.376 e. The molecule has 1 aromatic rings. The van der Waals surface area contributed by atoms with Gasteiger partial charge in [0.15, 0.2) is 0 Å². The zero-order chi connectivity index (χ0) is 18.1. The zero-order valence-electron chi connectivity index (χ0n) is 14.2. The van der Waals surface area contributed by atoms with Gasteiger partial charge in [0, 0.05) is 19.7 Å². The first-order chi connectivity index (χ1) is 11.2. The Hall–Kier alpha value is -1.15. The van der Waals surface area contributed by atoms with Crippen molar-refractivity contribution in [3.63, 3.8) is 0 Å². The number of nitrogens with one attached hydrogen (secondary N) is 1. The smallest absolute Gasteiger partial charge is 0.253 e. The van der Waals surface area contributed by atoms with Crippen LogP contribution in [0.4, 0.5) is 0 Å². The predicted molar refractivity (Wildman–Crippen MR) is 92.8 cm³/mol. The van der Waals surface area contributed by atoms with Crippen LogP contribution >= 0.6 is 11.6 Å². The van der Waals surface area contributed by atoms with Crippen molar-refractivity contribution >= 4 is 27.5 Å². The first-order valence-corrected chi connectivity index (χ1v) is 9.70. The van der Waals surface area contributed by atoms with Crippen LogP contribution in [0.2, 0.25) is 5.02 Å². The normalized spacial score (nSPS) is 20.5. The molecule has 2 atom stereocenters. The molecular formula is C16H23ClN2O4S. The summed E-state index contributed by atoms with van der Waals surface area (Å²) in [4.78, 5) is 12.4. The first-order valence-electron chi connectivity index (χ1n) is 7.88. The van der Waals surface area contributed by atoms with Crippen LogP contribution in [0.3, 0.4) is 0 Å². The van der Waals surface area contributed by atoms with Gasteiger partial charge in [0.05, 0.1) is 27.6 Å². The quantitative estimate of drug-likeness (QED) is 0.794. The summed E-state index contributed by atoms with van der Waals surface area (Å²) in [5.74, 6) is -0.392. The first kappa shape index (κ1) is 19.2. The molecule has 0 aliphatic heterocycles. The van der Waals surface area contributed by atoms with Gasteiger partial charge in [-0.2, -0.15) is 4.31 Å². The van der Waals surface area contributed by atoms with E-state index >= 15 is 0 Å². The molecule has 1 fully saturated rings. The van der Waals surface area contributed by atoms with Crippen LogP contribution in [0, 0.1) is 0 Å². The van der Waals surface area contributed by atoms with E-state index < -0.39 is 15.9 Å². The summed E-state index contributed by atoms with van der Waals surface area (Å²) >= 11 is 6.08. The van der Waals surface area contributed by atoms with Crippen molar-refractivity contribution in [2.45, 2.75) is 50.3 Å². The van der Waals surface area contributed by atoms with Crippen LogP contribution in [-0.4, -0.2) is 50.5 Å². The van der Waals surface area contributed by atoms with Crippen molar-refractivity contribution in [2.24, 2.45) is 0 Å². The molecule has 0 heterocycles. The van der Waals surface area contributed by atoms with Gasteiger partial charge < -0.3 is 10.1 Å². The molecule has 1 amide bonds. The van der Waals surface area contributed by atoms with E-state index in [0.717, 1.165) is 6.42 Å². The maximum atomic E-state index is 12.6. The van der Waals surface area contributed by atoms with Gasteiger partial charge in [0.1, 0.15) is 0 Å². The van der Waals surface area contributed by atoms with Crippen LogP contribution < -0.4 is 5.32 Å². The molecule has 0 unspecified atom stereocenters. The molecule has 1 aliphatic carbocycles. The van der Waals surface area contributed by atoms with Gasteiger partial charge in [-0.3, -0.25) is 4.79 Å². The molecule has 0 bridgehead atoms. The second-order valence-electron chi connectivity index (χ2n) is 6.07. The van der Waals surface area contributed by atoms with Crippen molar-refractivity contribution in [2.75, 3.05) is 13.7 Å². The highest BCUT2D eigenvalue weighted by molar-refractivity contribution is 7.89. The third-order valence-electron chi connectivity index (χ3n) is 4.02. The Morgan fingerprint density at radius 2 is 2.12 bits per heavy atom. The van der Waals surface area contributed by atoms with Crippen LogP contribution in [0.1, 0.15) is 37.6 Å². The fourth-order valence-electron chi connectivity index (χ4n) is 2.25. The summed E-state index contributed by atoms with van der Waals surface area (Å²) in [6, 6.07) is 3.93. The maximum Gasteiger partial charge on any atom is 0.253 e. The maximum absolute atomic E-state index is 12.6.